The van der Waals surface area contributed by atoms with Crippen molar-refractivity contribution in [2.75, 3.05) is 12.4 Å². The summed E-state index contributed by atoms with van der Waals surface area (Å²) in [5, 5.41) is 3.89. The molecule has 1 aliphatic heterocycles. The first-order valence-electron chi connectivity index (χ1n) is 7.07. The van der Waals surface area contributed by atoms with Crippen LogP contribution in [0.4, 0.5) is 8.78 Å². The Kier molecular flexibility index (Phi) is 5.18. The van der Waals surface area contributed by atoms with Crippen LogP contribution < -0.4 is 4.72 Å². The molecule has 0 aliphatic carbocycles. The fourth-order valence-electron chi connectivity index (χ4n) is 2.31. The maximum absolute atomic E-state index is 12.2. The summed E-state index contributed by atoms with van der Waals surface area (Å²) < 4.78 is 57.6. The van der Waals surface area contributed by atoms with Gasteiger partial charge in [-0.1, -0.05) is 13.8 Å². The van der Waals surface area contributed by atoms with E-state index in [4.69, 9.17) is 4.74 Å². The molecule has 2 heterocycles. The van der Waals surface area contributed by atoms with Crippen molar-refractivity contribution in [3.8, 4) is 0 Å². The molecular formula is C13H21F2N3O3S. The Morgan fingerprint density at radius 2 is 2.27 bits per heavy atom. The molecule has 0 saturated carbocycles. The highest BCUT2D eigenvalue weighted by molar-refractivity contribution is 7.89. The van der Waals surface area contributed by atoms with Crippen LogP contribution in [0.5, 0.6) is 0 Å². The van der Waals surface area contributed by atoms with Crippen molar-refractivity contribution in [3.63, 3.8) is 0 Å². The number of hydrogen-bond donors (Lipinski definition) is 1. The molecule has 0 amide bonds. The van der Waals surface area contributed by atoms with Crippen LogP contribution in [0, 0.1) is 5.41 Å². The van der Waals surface area contributed by atoms with Crippen LogP contribution in [0.3, 0.4) is 0 Å². The van der Waals surface area contributed by atoms with Crippen molar-refractivity contribution in [2.45, 2.75) is 45.9 Å². The molecule has 0 bridgehead atoms. The van der Waals surface area contributed by atoms with Gasteiger partial charge in [-0.05, 0) is 17.9 Å². The summed E-state index contributed by atoms with van der Waals surface area (Å²) in [6, 6.07) is 1.51. The number of nitrogens with zero attached hydrogens (tertiary/aromatic N) is 2. The Balaban J connectivity index is 1.88. The summed E-state index contributed by atoms with van der Waals surface area (Å²) in [6.07, 6.45) is -0.614. The van der Waals surface area contributed by atoms with Gasteiger partial charge in [-0.15, -0.1) is 0 Å². The van der Waals surface area contributed by atoms with Crippen LogP contribution in [-0.4, -0.2) is 43.1 Å². The molecule has 0 aromatic carbocycles. The van der Waals surface area contributed by atoms with Crippen molar-refractivity contribution >= 4 is 10.0 Å². The van der Waals surface area contributed by atoms with Gasteiger partial charge in [0, 0.05) is 12.8 Å². The molecule has 0 spiro atoms. The van der Waals surface area contributed by atoms with Gasteiger partial charge in [0.25, 0.3) is 6.43 Å². The Labute approximate surface area is 128 Å². The minimum absolute atomic E-state index is 0.0221. The van der Waals surface area contributed by atoms with Gasteiger partial charge in [0.1, 0.15) is 6.54 Å². The zero-order valence-electron chi connectivity index (χ0n) is 12.6. The van der Waals surface area contributed by atoms with E-state index in [0.29, 0.717) is 12.3 Å². The first-order valence-corrected chi connectivity index (χ1v) is 8.73. The van der Waals surface area contributed by atoms with E-state index in [-0.39, 0.29) is 23.8 Å². The van der Waals surface area contributed by atoms with Crippen LogP contribution >= 0.6 is 0 Å². The SMILES string of the molecule is CC1(C)CCOC1CS(=O)(=O)NCc1ccn(CC(F)F)n1. The largest absolute Gasteiger partial charge is 0.377 e. The average molecular weight is 337 g/mol. The van der Waals surface area contributed by atoms with Crippen molar-refractivity contribution in [3.05, 3.63) is 18.0 Å². The highest BCUT2D eigenvalue weighted by Gasteiger charge is 2.38. The Morgan fingerprint density at radius 1 is 1.55 bits per heavy atom. The van der Waals surface area contributed by atoms with E-state index in [0.717, 1.165) is 11.1 Å². The first kappa shape index (κ1) is 17.3. The number of halogens is 2. The lowest BCUT2D eigenvalue weighted by Gasteiger charge is -2.24. The van der Waals surface area contributed by atoms with Gasteiger partial charge in [0.15, 0.2) is 0 Å². The summed E-state index contributed by atoms with van der Waals surface area (Å²) in [7, 11) is -3.52. The predicted octanol–water partition coefficient (Wildman–Crippen LogP) is 1.38. The molecule has 1 aromatic heterocycles. The second-order valence-corrected chi connectivity index (χ2v) is 7.97. The zero-order valence-corrected chi connectivity index (χ0v) is 13.4. The molecule has 1 N–H and O–H groups in total. The van der Waals surface area contributed by atoms with E-state index in [1.165, 1.54) is 12.3 Å². The molecule has 1 atom stereocenters. The number of ether oxygens (including phenoxy) is 1. The predicted molar refractivity (Wildman–Crippen MR) is 77.0 cm³/mol. The Bertz CT molecular complexity index is 601. The van der Waals surface area contributed by atoms with Gasteiger partial charge < -0.3 is 4.74 Å². The second-order valence-electron chi connectivity index (χ2n) is 6.12. The molecule has 1 saturated heterocycles. The van der Waals surface area contributed by atoms with E-state index in [1.54, 1.807) is 0 Å². The quantitative estimate of drug-likeness (QED) is 0.816. The number of nitrogens with one attached hydrogen (secondary N) is 1. The minimum Gasteiger partial charge on any atom is -0.377 e. The van der Waals surface area contributed by atoms with Crippen molar-refractivity contribution in [1.82, 2.24) is 14.5 Å². The monoisotopic (exact) mass is 337 g/mol. The van der Waals surface area contributed by atoms with Gasteiger partial charge in [0.05, 0.1) is 24.1 Å². The fraction of sp³-hybridized carbons (Fsp3) is 0.769. The molecule has 1 unspecified atom stereocenters. The summed E-state index contributed by atoms with van der Waals surface area (Å²) in [5.74, 6) is -0.113. The summed E-state index contributed by atoms with van der Waals surface area (Å²) >= 11 is 0. The fourth-order valence-corrected chi connectivity index (χ4v) is 3.74. The molecule has 2 rings (SSSR count). The Morgan fingerprint density at radius 3 is 2.86 bits per heavy atom. The summed E-state index contributed by atoms with van der Waals surface area (Å²) in [6.45, 7) is 3.99. The first-order chi connectivity index (χ1) is 10.2. The normalized spacial score (nSPS) is 21.6. The number of hydrogen-bond acceptors (Lipinski definition) is 4. The molecule has 9 heteroatoms. The molecule has 6 nitrogen and oxygen atoms in total. The second kappa shape index (κ2) is 6.59. The van der Waals surface area contributed by atoms with Gasteiger partial charge in [0.2, 0.25) is 10.0 Å². The summed E-state index contributed by atoms with van der Waals surface area (Å²) in [5.41, 5.74) is 0.226. The van der Waals surface area contributed by atoms with E-state index >= 15 is 0 Å². The molecule has 0 radical (unpaired) electrons. The lowest BCUT2D eigenvalue weighted by molar-refractivity contribution is 0.0819. The third-order valence-electron chi connectivity index (χ3n) is 3.80. The third kappa shape index (κ3) is 4.72. The highest BCUT2D eigenvalue weighted by atomic mass is 32.2. The molecule has 1 aliphatic rings. The lowest BCUT2D eigenvalue weighted by Crippen LogP contribution is -2.37. The van der Waals surface area contributed by atoms with Gasteiger partial charge in [-0.3, -0.25) is 4.68 Å². The van der Waals surface area contributed by atoms with E-state index in [1.807, 2.05) is 13.8 Å². The standard InChI is InChI=1S/C13H21F2N3O3S/c1-13(2)4-6-21-11(13)9-22(19,20)16-7-10-3-5-18(17-10)8-12(14)15/h3,5,11-12,16H,4,6-9H2,1-2H3. The van der Waals surface area contributed by atoms with E-state index < -0.39 is 23.0 Å². The van der Waals surface area contributed by atoms with Gasteiger partial charge in [-0.25, -0.2) is 21.9 Å². The van der Waals surface area contributed by atoms with E-state index in [2.05, 4.69) is 9.82 Å². The minimum atomic E-state index is -3.52. The maximum Gasteiger partial charge on any atom is 0.257 e. The van der Waals surface area contributed by atoms with Crippen LogP contribution in [0.15, 0.2) is 12.3 Å². The van der Waals surface area contributed by atoms with Crippen LogP contribution in [0.2, 0.25) is 0 Å². The van der Waals surface area contributed by atoms with Crippen molar-refractivity contribution in [2.24, 2.45) is 5.41 Å². The zero-order chi connectivity index (χ0) is 16.4. The van der Waals surface area contributed by atoms with Gasteiger partial charge >= 0.3 is 0 Å². The van der Waals surface area contributed by atoms with E-state index in [9.17, 15) is 17.2 Å². The molecule has 1 aromatic rings. The smallest absolute Gasteiger partial charge is 0.257 e. The van der Waals surface area contributed by atoms with Crippen molar-refractivity contribution < 1.29 is 21.9 Å². The maximum atomic E-state index is 12.2. The third-order valence-corrected chi connectivity index (χ3v) is 5.13. The highest BCUT2D eigenvalue weighted by Crippen LogP contribution is 2.34. The number of sulfonamides is 1. The molecule has 126 valence electrons. The van der Waals surface area contributed by atoms with Crippen LogP contribution in [-0.2, 0) is 27.8 Å². The van der Waals surface area contributed by atoms with Gasteiger partial charge in [-0.2, -0.15) is 5.10 Å². The number of aromatic nitrogens is 2. The Hall–Kier alpha value is -1.06. The molecule has 1 fully saturated rings. The summed E-state index contributed by atoms with van der Waals surface area (Å²) in [4.78, 5) is 0. The lowest BCUT2D eigenvalue weighted by atomic mass is 9.87. The number of rotatable bonds is 7. The average Bonchev–Trinajstić information content (AvgIpc) is 2.94. The topological polar surface area (TPSA) is 73.2 Å². The molecular weight excluding hydrogens is 316 g/mol. The van der Waals surface area contributed by atoms with Crippen molar-refractivity contribution in [1.29, 1.82) is 0 Å². The molecule has 22 heavy (non-hydrogen) atoms. The van der Waals surface area contributed by atoms with Crippen LogP contribution in [0.1, 0.15) is 26.0 Å². The van der Waals surface area contributed by atoms with Crippen LogP contribution in [0.25, 0.3) is 0 Å². The number of alkyl halides is 2.